The van der Waals surface area contributed by atoms with Gasteiger partial charge in [0, 0.05) is 24.4 Å². The highest BCUT2D eigenvalue weighted by atomic mass is 16.3. The zero-order valence-electron chi connectivity index (χ0n) is 11.8. The Labute approximate surface area is 115 Å². The molecule has 0 aliphatic carbocycles. The summed E-state index contributed by atoms with van der Waals surface area (Å²) in [6.07, 6.45) is 7.53. The van der Waals surface area contributed by atoms with Gasteiger partial charge in [-0.3, -0.25) is 4.98 Å². The number of pyridine rings is 1. The molecule has 1 aliphatic rings. The molecule has 3 nitrogen and oxygen atoms in total. The molecular formula is C16H23N2O+. The topological polar surface area (TPSA) is 37.6 Å². The maximum Gasteiger partial charge on any atom is 0.139 e. The number of nitrogens with one attached hydrogen (secondary N) is 1. The first kappa shape index (κ1) is 14.0. The van der Waals surface area contributed by atoms with Gasteiger partial charge >= 0.3 is 0 Å². The van der Waals surface area contributed by atoms with Gasteiger partial charge in [-0.05, 0) is 38.7 Å². The molecule has 0 bridgehead atoms. The van der Waals surface area contributed by atoms with Crippen molar-refractivity contribution in [1.82, 2.24) is 4.98 Å². The van der Waals surface area contributed by atoms with Gasteiger partial charge in [-0.1, -0.05) is 12.0 Å². The summed E-state index contributed by atoms with van der Waals surface area (Å²) >= 11 is 0. The number of quaternary nitrogens is 1. The van der Waals surface area contributed by atoms with Gasteiger partial charge in [-0.2, -0.15) is 0 Å². The fraction of sp³-hybridized carbons (Fsp3) is 0.562. The standard InChI is InChI=1S/C16H22N2O/c1-16(2,19)9-6-12-18-11-4-3-8-15(18)14-7-5-10-17-13-14/h5,7,10,13,15,19H,3-4,8,11-12H2,1-2H3/p+1/t15-/m1/s1. The summed E-state index contributed by atoms with van der Waals surface area (Å²) in [7, 11) is 0. The molecule has 1 unspecified atom stereocenters. The first-order chi connectivity index (χ1) is 9.06. The van der Waals surface area contributed by atoms with Crippen molar-refractivity contribution in [3.8, 4) is 11.8 Å². The van der Waals surface area contributed by atoms with Gasteiger partial charge in [0.25, 0.3) is 0 Å². The van der Waals surface area contributed by atoms with Crippen molar-refractivity contribution in [3.05, 3.63) is 30.1 Å². The summed E-state index contributed by atoms with van der Waals surface area (Å²) in [6.45, 7) is 5.40. The van der Waals surface area contributed by atoms with Gasteiger partial charge in [0.05, 0.1) is 6.54 Å². The van der Waals surface area contributed by atoms with Crippen LogP contribution in [-0.2, 0) is 0 Å². The molecule has 0 saturated carbocycles. The Bertz CT molecular complexity index is 453. The van der Waals surface area contributed by atoms with E-state index in [9.17, 15) is 5.11 Å². The molecule has 2 N–H and O–H groups in total. The minimum Gasteiger partial charge on any atom is -0.378 e. The summed E-state index contributed by atoms with van der Waals surface area (Å²) in [5.41, 5.74) is 0.418. The molecule has 102 valence electrons. The van der Waals surface area contributed by atoms with E-state index in [1.54, 1.807) is 13.8 Å². The van der Waals surface area contributed by atoms with Crippen LogP contribution in [0.5, 0.6) is 0 Å². The predicted molar refractivity (Wildman–Crippen MR) is 75.6 cm³/mol. The van der Waals surface area contributed by atoms with Gasteiger partial charge in [0.1, 0.15) is 18.2 Å². The average molecular weight is 259 g/mol. The number of nitrogens with zero attached hydrogens (tertiary/aromatic N) is 1. The number of likely N-dealkylation sites (tertiary alicyclic amines) is 1. The Morgan fingerprint density at radius 2 is 2.32 bits per heavy atom. The van der Waals surface area contributed by atoms with Gasteiger partial charge in [0.2, 0.25) is 0 Å². The highest BCUT2D eigenvalue weighted by Gasteiger charge is 2.26. The van der Waals surface area contributed by atoms with Crippen LogP contribution in [0.15, 0.2) is 24.5 Å². The highest BCUT2D eigenvalue weighted by Crippen LogP contribution is 2.18. The van der Waals surface area contributed by atoms with E-state index in [1.807, 2.05) is 18.5 Å². The Morgan fingerprint density at radius 3 is 3.00 bits per heavy atom. The van der Waals surface area contributed by atoms with Gasteiger partial charge < -0.3 is 10.0 Å². The molecule has 0 aromatic carbocycles. The number of aromatic nitrogens is 1. The minimum absolute atomic E-state index is 0.499. The minimum atomic E-state index is -0.890. The third-order valence-corrected chi connectivity index (χ3v) is 3.53. The lowest BCUT2D eigenvalue weighted by molar-refractivity contribution is -0.930. The lowest BCUT2D eigenvalue weighted by atomic mass is 9.96. The van der Waals surface area contributed by atoms with Crippen molar-refractivity contribution in [3.63, 3.8) is 0 Å². The third-order valence-electron chi connectivity index (χ3n) is 3.53. The fourth-order valence-electron chi connectivity index (χ4n) is 2.65. The second kappa shape index (κ2) is 6.18. The van der Waals surface area contributed by atoms with Crippen LogP contribution >= 0.6 is 0 Å². The molecule has 0 spiro atoms. The van der Waals surface area contributed by atoms with Crippen LogP contribution in [0.2, 0.25) is 0 Å². The van der Waals surface area contributed by atoms with E-state index in [4.69, 9.17) is 0 Å². The van der Waals surface area contributed by atoms with Crippen molar-refractivity contribution in [2.24, 2.45) is 0 Å². The molecule has 2 rings (SSSR count). The molecule has 3 heteroatoms. The molecule has 1 fully saturated rings. The first-order valence-electron chi connectivity index (χ1n) is 7.03. The Morgan fingerprint density at radius 1 is 1.47 bits per heavy atom. The first-order valence-corrected chi connectivity index (χ1v) is 7.03. The lowest BCUT2D eigenvalue weighted by Gasteiger charge is -2.31. The number of aliphatic hydroxyl groups is 1. The summed E-state index contributed by atoms with van der Waals surface area (Å²) in [6, 6.07) is 4.66. The van der Waals surface area contributed by atoms with Crippen LogP contribution in [0, 0.1) is 11.8 Å². The summed E-state index contributed by atoms with van der Waals surface area (Å²) in [4.78, 5) is 5.72. The van der Waals surface area contributed by atoms with Crippen molar-refractivity contribution in [2.45, 2.75) is 44.8 Å². The van der Waals surface area contributed by atoms with E-state index in [1.165, 1.54) is 29.7 Å². The van der Waals surface area contributed by atoms with E-state index in [-0.39, 0.29) is 0 Å². The molecule has 2 heterocycles. The SMILES string of the molecule is CC(C)(O)C#CC[NH+]1CCCC[C@@H]1c1cccnc1. The van der Waals surface area contributed by atoms with Gasteiger partial charge in [-0.25, -0.2) is 0 Å². The smallest absolute Gasteiger partial charge is 0.139 e. The molecule has 1 aromatic rings. The second-order valence-electron chi connectivity index (χ2n) is 5.78. The summed E-state index contributed by atoms with van der Waals surface area (Å²) < 4.78 is 0. The van der Waals surface area contributed by atoms with Gasteiger partial charge in [-0.15, -0.1) is 0 Å². The van der Waals surface area contributed by atoms with Crippen molar-refractivity contribution in [2.75, 3.05) is 13.1 Å². The van der Waals surface area contributed by atoms with Crippen LogP contribution in [0.3, 0.4) is 0 Å². The normalized spacial score (nSPS) is 23.5. The maximum atomic E-state index is 9.64. The van der Waals surface area contributed by atoms with Crippen LogP contribution in [0.25, 0.3) is 0 Å². The van der Waals surface area contributed by atoms with Crippen LogP contribution in [0.1, 0.15) is 44.7 Å². The molecule has 19 heavy (non-hydrogen) atoms. The van der Waals surface area contributed by atoms with E-state index in [0.717, 1.165) is 13.1 Å². The Balaban J connectivity index is 2.06. The molecular weight excluding hydrogens is 236 g/mol. The predicted octanol–water partition coefficient (Wildman–Crippen LogP) is 0.966. The lowest BCUT2D eigenvalue weighted by Crippen LogP contribution is -3.13. The summed E-state index contributed by atoms with van der Waals surface area (Å²) in [5.74, 6) is 6.05. The maximum absolute atomic E-state index is 9.64. The van der Waals surface area contributed by atoms with Crippen molar-refractivity contribution >= 4 is 0 Å². The summed E-state index contributed by atoms with van der Waals surface area (Å²) in [5, 5.41) is 9.64. The second-order valence-corrected chi connectivity index (χ2v) is 5.78. The number of piperidine rings is 1. The highest BCUT2D eigenvalue weighted by molar-refractivity contribution is 5.13. The van der Waals surface area contributed by atoms with Gasteiger partial charge in [0.15, 0.2) is 0 Å². The van der Waals surface area contributed by atoms with Crippen LogP contribution < -0.4 is 4.90 Å². The fourth-order valence-corrected chi connectivity index (χ4v) is 2.65. The Hall–Kier alpha value is -1.37. The van der Waals surface area contributed by atoms with E-state index in [2.05, 4.69) is 22.9 Å². The van der Waals surface area contributed by atoms with Crippen molar-refractivity contribution in [1.29, 1.82) is 0 Å². The quantitative estimate of drug-likeness (QED) is 0.777. The molecule has 2 atom stereocenters. The number of hydrogen-bond acceptors (Lipinski definition) is 2. The van der Waals surface area contributed by atoms with Crippen LogP contribution in [-0.4, -0.2) is 28.8 Å². The van der Waals surface area contributed by atoms with Crippen molar-refractivity contribution < 1.29 is 10.0 Å². The molecule has 0 amide bonds. The largest absolute Gasteiger partial charge is 0.378 e. The number of rotatable bonds is 2. The third kappa shape index (κ3) is 4.34. The van der Waals surface area contributed by atoms with E-state index >= 15 is 0 Å². The molecule has 0 radical (unpaired) electrons. The molecule has 1 saturated heterocycles. The number of hydrogen-bond donors (Lipinski definition) is 2. The monoisotopic (exact) mass is 259 g/mol. The zero-order valence-corrected chi connectivity index (χ0v) is 11.8. The molecule has 1 aromatic heterocycles. The molecule has 1 aliphatic heterocycles. The van der Waals surface area contributed by atoms with Crippen LogP contribution in [0.4, 0.5) is 0 Å². The Kier molecular flexibility index (Phi) is 4.57. The van der Waals surface area contributed by atoms with E-state index < -0.39 is 5.60 Å². The average Bonchev–Trinajstić information content (AvgIpc) is 2.39. The zero-order chi connectivity index (χ0) is 13.7. The van der Waals surface area contributed by atoms with E-state index in [0.29, 0.717) is 6.04 Å².